The second-order valence-electron chi connectivity index (χ2n) is 7.66. The first-order chi connectivity index (χ1) is 13.9. The van der Waals surface area contributed by atoms with Crippen molar-refractivity contribution in [3.8, 4) is 0 Å². The molecule has 1 atom stereocenters. The lowest BCUT2D eigenvalue weighted by Gasteiger charge is -2.23. The third kappa shape index (κ3) is 4.01. The second kappa shape index (κ2) is 8.14. The molecule has 2 amide bonds. The SMILES string of the molecule is Cc1cc(N2CC(C(=O)Nc3c(F)cccc3N3CCCC3)CC2=O)ccc1Br. The molecule has 4 rings (SSSR count). The van der Waals surface area contributed by atoms with Crippen LogP contribution in [0.3, 0.4) is 0 Å². The number of hydrogen-bond donors (Lipinski definition) is 1. The van der Waals surface area contributed by atoms with Crippen LogP contribution >= 0.6 is 15.9 Å². The average molecular weight is 460 g/mol. The van der Waals surface area contributed by atoms with Crippen molar-refractivity contribution in [2.75, 3.05) is 34.8 Å². The van der Waals surface area contributed by atoms with Gasteiger partial charge in [0.2, 0.25) is 11.8 Å². The van der Waals surface area contributed by atoms with Gasteiger partial charge in [-0.2, -0.15) is 0 Å². The van der Waals surface area contributed by atoms with E-state index in [4.69, 9.17) is 0 Å². The molecule has 7 heteroatoms. The molecule has 1 N–H and O–H groups in total. The van der Waals surface area contributed by atoms with Crippen LogP contribution in [0.15, 0.2) is 40.9 Å². The van der Waals surface area contributed by atoms with E-state index < -0.39 is 11.7 Å². The highest BCUT2D eigenvalue weighted by Crippen LogP contribution is 2.33. The Hall–Kier alpha value is -2.41. The van der Waals surface area contributed by atoms with Crippen molar-refractivity contribution in [2.24, 2.45) is 5.92 Å². The summed E-state index contributed by atoms with van der Waals surface area (Å²) in [7, 11) is 0. The largest absolute Gasteiger partial charge is 0.370 e. The molecule has 1 unspecified atom stereocenters. The van der Waals surface area contributed by atoms with Gasteiger partial charge in [-0.3, -0.25) is 9.59 Å². The van der Waals surface area contributed by atoms with Crippen LogP contribution in [0.2, 0.25) is 0 Å². The summed E-state index contributed by atoms with van der Waals surface area (Å²) in [6.07, 6.45) is 2.24. The number of amides is 2. The Morgan fingerprint density at radius 1 is 1.21 bits per heavy atom. The number of nitrogens with one attached hydrogen (secondary N) is 1. The van der Waals surface area contributed by atoms with Crippen molar-refractivity contribution < 1.29 is 14.0 Å². The van der Waals surface area contributed by atoms with E-state index in [1.165, 1.54) is 6.07 Å². The Bertz CT molecular complexity index is 959. The number of carbonyl (C=O) groups excluding carboxylic acids is 2. The zero-order valence-corrected chi connectivity index (χ0v) is 17.8. The van der Waals surface area contributed by atoms with Gasteiger partial charge in [0.1, 0.15) is 11.5 Å². The number of anilines is 3. The molecule has 0 aromatic heterocycles. The molecule has 2 aromatic rings. The summed E-state index contributed by atoms with van der Waals surface area (Å²) in [5.41, 5.74) is 2.71. The van der Waals surface area contributed by atoms with E-state index in [1.54, 1.807) is 11.0 Å². The zero-order chi connectivity index (χ0) is 20.5. The van der Waals surface area contributed by atoms with E-state index in [0.29, 0.717) is 12.2 Å². The number of benzene rings is 2. The maximum Gasteiger partial charge on any atom is 0.229 e. The fraction of sp³-hybridized carbons (Fsp3) is 0.364. The van der Waals surface area contributed by atoms with Gasteiger partial charge in [0.05, 0.1) is 11.6 Å². The minimum Gasteiger partial charge on any atom is -0.370 e. The molecule has 0 saturated carbocycles. The topological polar surface area (TPSA) is 52.7 Å². The molecule has 2 heterocycles. The van der Waals surface area contributed by atoms with Gasteiger partial charge in [-0.05, 0) is 55.7 Å². The van der Waals surface area contributed by atoms with Crippen molar-refractivity contribution in [3.05, 3.63) is 52.3 Å². The molecular formula is C22H23BrFN3O2. The number of nitrogens with zero attached hydrogens (tertiary/aromatic N) is 2. The summed E-state index contributed by atoms with van der Waals surface area (Å²) >= 11 is 3.46. The first-order valence-corrected chi connectivity index (χ1v) is 10.6. The highest BCUT2D eigenvalue weighted by Gasteiger charge is 2.36. The van der Waals surface area contributed by atoms with Crippen molar-refractivity contribution in [1.82, 2.24) is 0 Å². The van der Waals surface area contributed by atoms with Crippen molar-refractivity contribution in [1.29, 1.82) is 0 Å². The van der Waals surface area contributed by atoms with Gasteiger partial charge in [-0.25, -0.2) is 4.39 Å². The molecule has 5 nitrogen and oxygen atoms in total. The fourth-order valence-electron chi connectivity index (χ4n) is 4.01. The summed E-state index contributed by atoms with van der Waals surface area (Å²) in [6, 6.07) is 10.5. The third-order valence-electron chi connectivity index (χ3n) is 5.64. The summed E-state index contributed by atoms with van der Waals surface area (Å²) in [4.78, 5) is 29.2. The van der Waals surface area contributed by atoms with Crippen molar-refractivity contribution in [2.45, 2.75) is 26.2 Å². The van der Waals surface area contributed by atoms with E-state index >= 15 is 0 Å². The molecule has 2 saturated heterocycles. The van der Waals surface area contributed by atoms with Gasteiger partial charge in [0, 0.05) is 36.2 Å². The molecule has 0 radical (unpaired) electrons. The van der Waals surface area contributed by atoms with Crippen molar-refractivity contribution in [3.63, 3.8) is 0 Å². The molecule has 152 valence electrons. The van der Waals surface area contributed by atoms with Gasteiger partial charge >= 0.3 is 0 Å². The highest BCUT2D eigenvalue weighted by atomic mass is 79.9. The fourth-order valence-corrected chi connectivity index (χ4v) is 4.26. The Labute approximate surface area is 178 Å². The quantitative estimate of drug-likeness (QED) is 0.732. The molecule has 0 bridgehead atoms. The van der Waals surface area contributed by atoms with Crippen LogP contribution < -0.4 is 15.1 Å². The lowest BCUT2D eigenvalue weighted by Crippen LogP contribution is -2.29. The van der Waals surface area contributed by atoms with Gasteiger partial charge in [0.25, 0.3) is 0 Å². The van der Waals surface area contributed by atoms with Crippen LogP contribution in [-0.4, -0.2) is 31.4 Å². The van der Waals surface area contributed by atoms with Crippen LogP contribution in [0, 0.1) is 18.7 Å². The first-order valence-electron chi connectivity index (χ1n) is 9.85. The molecular weight excluding hydrogens is 437 g/mol. The molecule has 2 aliphatic heterocycles. The number of halogens is 2. The van der Waals surface area contributed by atoms with E-state index in [2.05, 4.69) is 26.1 Å². The van der Waals surface area contributed by atoms with Crippen LogP contribution in [0.25, 0.3) is 0 Å². The van der Waals surface area contributed by atoms with Crippen molar-refractivity contribution >= 4 is 44.8 Å². The minimum atomic E-state index is -0.516. The number of aryl methyl sites for hydroxylation is 1. The zero-order valence-electron chi connectivity index (χ0n) is 16.3. The first kappa shape index (κ1) is 19.9. The predicted octanol–water partition coefficient (Wildman–Crippen LogP) is 4.49. The van der Waals surface area contributed by atoms with E-state index in [1.807, 2.05) is 31.2 Å². The van der Waals surface area contributed by atoms with Crippen LogP contribution in [0.4, 0.5) is 21.5 Å². The molecule has 2 fully saturated rings. The van der Waals surface area contributed by atoms with E-state index in [0.717, 1.165) is 41.7 Å². The maximum absolute atomic E-state index is 14.5. The van der Waals surface area contributed by atoms with Gasteiger partial charge in [-0.15, -0.1) is 0 Å². The smallest absolute Gasteiger partial charge is 0.229 e. The number of rotatable bonds is 4. The van der Waals surface area contributed by atoms with E-state index in [9.17, 15) is 14.0 Å². The Morgan fingerprint density at radius 3 is 2.69 bits per heavy atom. The van der Waals surface area contributed by atoms with Crippen LogP contribution in [0.5, 0.6) is 0 Å². The molecule has 2 aliphatic rings. The lowest BCUT2D eigenvalue weighted by atomic mass is 10.1. The molecule has 2 aromatic carbocycles. The van der Waals surface area contributed by atoms with Gasteiger partial charge in [0.15, 0.2) is 0 Å². The average Bonchev–Trinajstić information content (AvgIpc) is 3.35. The highest BCUT2D eigenvalue weighted by molar-refractivity contribution is 9.10. The second-order valence-corrected chi connectivity index (χ2v) is 8.51. The number of carbonyl (C=O) groups is 2. The summed E-state index contributed by atoms with van der Waals surface area (Å²) in [6.45, 7) is 3.95. The number of hydrogen-bond acceptors (Lipinski definition) is 3. The van der Waals surface area contributed by atoms with Crippen LogP contribution in [-0.2, 0) is 9.59 Å². The summed E-state index contributed by atoms with van der Waals surface area (Å²) < 4.78 is 15.5. The third-order valence-corrected chi connectivity index (χ3v) is 6.53. The van der Waals surface area contributed by atoms with Gasteiger partial charge in [-0.1, -0.05) is 22.0 Å². The molecule has 29 heavy (non-hydrogen) atoms. The maximum atomic E-state index is 14.5. The van der Waals surface area contributed by atoms with E-state index in [-0.39, 0.29) is 23.9 Å². The van der Waals surface area contributed by atoms with Gasteiger partial charge < -0.3 is 15.1 Å². The minimum absolute atomic E-state index is 0.0971. The summed E-state index contributed by atoms with van der Waals surface area (Å²) in [5, 5.41) is 2.77. The molecule has 0 aliphatic carbocycles. The Morgan fingerprint density at radius 2 is 1.97 bits per heavy atom. The Kier molecular flexibility index (Phi) is 5.58. The molecule has 0 spiro atoms. The monoisotopic (exact) mass is 459 g/mol. The lowest BCUT2D eigenvalue weighted by molar-refractivity contribution is -0.122. The standard InChI is InChI=1S/C22H23BrFN3O2/c1-14-11-16(7-8-17(14)23)27-13-15(12-20(27)28)22(29)25-21-18(24)5-4-6-19(21)26-9-2-3-10-26/h4-8,11,15H,2-3,9-10,12-13H2,1H3,(H,25,29). The predicted molar refractivity (Wildman–Crippen MR) is 116 cm³/mol. The normalized spacial score (nSPS) is 19.1. The van der Waals surface area contributed by atoms with Crippen LogP contribution in [0.1, 0.15) is 24.8 Å². The summed E-state index contributed by atoms with van der Waals surface area (Å²) in [5.74, 6) is -1.38. The Balaban J connectivity index is 1.51. The number of para-hydroxylation sites is 1.